The Labute approximate surface area is 229 Å². The molecule has 0 bridgehead atoms. The largest absolute Gasteiger partial charge is 2.00 e. The van der Waals surface area contributed by atoms with Gasteiger partial charge in [0.1, 0.15) is 0 Å². The van der Waals surface area contributed by atoms with E-state index in [1.54, 1.807) is 66.7 Å². The van der Waals surface area contributed by atoms with Gasteiger partial charge in [-0.2, -0.15) is 0 Å². The van der Waals surface area contributed by atoms with Crippen LogP contribution in [0.3, 0.4) is 0 Å². The standard InChI is InChI=1S/C28H25N5O4.Cu/c1-3-18(4-2)31-25(34)21-16-11-17-22(23(21)26(31)35)29-30-24-27(36)32(19-12-7-5-8-13-19)33(28(24)37)20-14-9-6-10-15-20;/h5-18,36H,3-4H2,1-2H3;/q;+2. The third-order valence-electron chi connectivity index (χ3n) is 6.50. The molecular weight excluding hydrogens is 534 g/mol. The molecule has 1 aliphatic rings. The first-order chi connectivity index (χ1) is 18.0. The molecular formula is C28H25CuN5O4+2. The molecule has 0 atom stereocenters. The van der Waals surface area contributed by atoms with Crippen molar-refractivity contribution in [1.82, 2.24) is 14.3 Å². The van der Waals surface area contributed by atoms with Gasteiger partial charge in [0.05, 0.1) is 28.2 Å². The Bertz CT molecular complexity index is 1570. The normalized spacial score (nSPS) is 12.9. The third kappa shape index (κ3) is 4.38. The van der Waals surface area contributed by atoms with Crippen LogP contribution < -0.4 is 5.56 Å². The zero-order chi connectivity index (χ0) is 26.1. The first-order valence-electron chi connectivity index (χ1n) is 12.1. The number of rotatable bonds is 7. The van der Waals surface area contributed by atoms with Crippen LogP contribution in [-0.4, -0.2) is 37.2 Å². The number of amides is 2. The van der Waals surface area contributed by atoms with Crippen LogP contribution in [0.25, 0.3) is 11.4 Å². The number of carbonyl (C=O) groups excluding carboxylic acids is 2. The minimum atomic E-state index is -0.593. The quantitative estimate of drug-likeness (QED) is 0.183. The second-order valence-electron chi connectivity index (χ2n) is 8.62. The van der Waals surface area contributed by atoms with Gasteiger partial charge in [-0.15, -0.1) is 10.2 Å². The van der Waals surface area contributed by atoms with Crippen LogP contribution in [0.1, 0.15) is 47.4 Å². The van der Waals surface area contributed by atoms with Gasteiger partial charge >= 0.3 is 22.6 Å². The van der Waals surface area contributed by atoms with Crippen LogP contribution >= 0.6 is 0 Å². The summed E-state index contributed by atoms with van der Waals surface area (Å²) in [4.78, 5) is 41.0. The maximum Gasteiger partial charge on any atom is 2.00 e. The summed E-state index contributed by atoms with van der Waals surface area (Å²) in [5.41, 5.74) is 0.736. The van der Waals surface area contributed by atoms with Crippen LogP contribution in [-0.2, 0) is 17.1 Å². The van der Waals surface area contributed by atoms with Crippen molar-refractivity contribution in [2.75, 3.05) is 0 Å². The van der Waals surface area contributed by atoms with Crippen molar-refractivity contribution >= 4 is 23.2 Å². The van der Waals surface area contributed by atoms with E-state index in [1.807, 2.05) is 26.0 Å². The van der Waals surface area contributed by atoms with Crippen molar-refractivity contribution in [3.05, 3.63) is 100 Å². The first-order valence-corrected chi connectivity index (χ1v) is 12.1. The number of nitrogens with zero attached hydrogens (tertiary/aromatic N) is 5. The number of fused-ring (bicyclic) bond motifs is 1. The van der Waals surface area contributed by atoms with Gasteiger partial charge in [-0.1, -0.05) is 56.3 Å². The van der Waals surface area contributed by atoms with Crippen LogP contribution in [0, 0.1) is 0 Å². The number of para-hydroxylation sites is 2. The molecule has 1 aliphatic heterocycles. The number of imide groups is 1. The Kier molecular flexibility index (Phi) is 7.75. The summed E-state index contributed by atoms with van der Waals surface area (Å²) in [5.74, 6) is -1.20. The molecule has 4 aromatic rings. The predicted molar refractivity (Wildman–Crippen MR) is 139 cm³/mol. The molecule has 0 spiro atoms. The number of hydrogen-bond donors (Lipinski definition) is 1. The molecule has 3 aromatic carbocycles. The second-order valence-corrected chi connectivity index (χ2v) is 8.62. The topological polar surface area (TPSA) is 109 Å². The molecule has 0 unspecified atom stereocenters. The molecule has 0 saturated heterocycles. The molecule has 5 rings (SSSR count). The van der Waals surface area contributed by atoms with E-state index in [0.29, 0.717) is 24.2 Å². The molecule has 0 fully saturated rings. The summed E-state index contributed by atoms with van der Waals surface area (Å²) in [5, 5.41) is 19.4. The molecule has 1 N–H and O–H groups in total. The summed E-state index contributed by atoms with van der Waals surface area (Å²) in [7, 11) is 0. The molecule has 1 radical (unpaired) electrons. The van der Waals surface area contributed by atoms with Gasteiger partial charge in [-0.05, 0) is 49.2 Å². The molecule has 2 heterocycles. The van der Waals surface area contributed by atoms with E-state index >= 15 is 0 Å². The van der Waals surface area contributed by atoms with Gasteiger partial charge in [-0.3, -0.25) is 19.3 Å². The average molecular weight is 559 g/mol. The van der Waals surface area contributed by atoms with Crippen LogP contribution in [0.15, 0.2) is 93.9 Å². The Morgan fingerprint density at radius 1 is 0.737 bits per heavy atom. The van der Waals surface area contributed by atoms with Gasteiger partial charge in [0, 0.05) is 6.04 Å². The molecule has 1 aromatic heterocycles. The predicted octanol–water partition coefficient (Wildman–Crippen LogP) is 5.53. The average Bonchev–Trinajstić information content (AvgIpc) is 3.34. The molecule has 0 aliphatic carbocycles. The zero-order valence-electron chi connectivity index (χ0n) is 20.7. The maximum atomic E-state index is 13.5. The Balaban J connectivity index is 0.00000336. The minimum absolute atomic E-state index is 0. The fourth-order valence-electron chi connectivity index (χ4n) is 4.64. The van der Waals surface area contributed by atoms with Crippen molar-refractivity contribution in [3.8, 4) is 17.3 Å². The third-order valence-corrected chi connectivity index (χ3v) is 6.50. The summed E-state index contributed by atoms with van der Waals surface area (Å²) >= 11 is 0. The smallest absolute Gasteiger partial charge is 0.492 e. The van der Waals surface area contributed by atoms with E-state index in [-0.39, 0.29) is 51.5 Å². The van der Waals surface area contributed by atoms with Gasteiger partial charge in [-0.25, -0.2) is 9.36 Å². The van der Waals surface area contributed by atoms with E-state index in [1.165, 1.54) is 14.3 Å². The summed E-state index contributed by atoms with van der Waals surface area (Å²) in [6, 6.07) is 22.3. The number of hydrogen-bond acceptors (Lipinski definition) is 6. The second kappa shape index (κ2) is 11.0. The Morgan fingerprint density at radius 2 is 1.32 bits per heavy atom. The van der Waals surface area contributed by atoms with Crippen LogP contribution in [0.4, 0.5) is 11.4 Å². The van der Waals surface area contributed by atoms with Crippen LogP contribution in [0.2, 0.25) is 0 Å². The van der Waals surface area contributed by atoms with Gasteiger partial charge in [0.25, 0.3) is 11.8 Å². The van der Waals surface area contributed by atoms with Crippen molar-refractivity contribution in [2.45, 2.75) is 32.7 Å². The summed E-state index contributed by atoms with van der Waals surface area (Å²) in [6.07, 6.45) is 1.28. The van der Waals surface area contributed by atoms with Crippen molar-refractivity contribution in [1.29, 1.82) is 0 Å². The molecule has 195 valence electrons. The maximum absolute atomic E-state index is 13.5. The van der Waals surface area contributed by atoms with E-state index in [4.69, 9.17) is 0 Å². The zero-order valence-corrected chi connectivity index (χ0v) is 21.6. The van der Waals surface area contributed by atoms with E-state index in [2.05, 4.69) is 10.2 Å². The summed E-state index contributed by atoms with van der Waals surface area (Å²) < 4.78 is 2.66. The van der Waals surface area contributed by atoms with Crippen molar-refractivity contribution < 1.29 is 31.8 Å². The number of aromatic hydroxyl groups is 1. The van der Waals surface area contributed by atoms with Gasteiger partial charge < -0.3 is 5.11 Å². The van der Waals surface area contributed by atoms with Crippen LogP contribution in [0.5, 0.6) is 5.88 Å². The van der Waals surface area contributed by atoms with Gasteiger partial charge in [0.15, 0.2) is 0 Å². The molecule has 2 amide bonds. The van der Waals surface area contributed by atoms with E-state index < -0.39 is 17.3 Å². The fraction of sp³-hybridized carbons (Fsp3) is 0.179. The Hall–Kier alpha value is -4.27. The number of aromatic nitrogens is 2. The molecule has 38 heavy (non-hydrogen) atoms. The Morgan fingerprint density at radius 3 is 1.89 bits per heavy atom. The SMILES string of the molecule is CCC(CC)N1C(=O)c2cccc(N=Nc3c(O)n(-c4ccccc4)n(-c4ccccc4)c3=O)c2C1=O.[Cu+2]. The monoisotopic (exact) mass is 558 g/mol. The van der Waals surface area contributed by atoms with Crippen molar-refractivity contribution in [2.24, 2.45) is 10.2 Å². The molecule has 10 heteroatoms. The fourth-order valence-corrected chi connectivity index (χ4v) is 4.64. The first kappa shape index (κ1) is 26.8. The molecule has 0 saturated carbocycles. The number of carbonyl (C=O) groups is 2. The van der Waals surface area contributed by atoms with E-state index in [9.17, 15) is 19.5 Å². The summed E-state index contributed by atoms with van der Waals surface area (Å²) in [6.45, 7) is 3.85. The number of azo groups is 1. The van der Waals surface area contributed by atoms with E-state index in [0.717, 1.165) is 0 Å². The number of benzene rings is 3. The van der Waals surface area contributed by atoms with Gasteiger partial charge in [0.2, 0.25) is 11.6 Å². The molecule has 9 nitrogen and oxygen atoms in total. The minimum Gasteiger partial charge on any atom is -0.492 e. The van der Waals surface area contributed by atoms with Crippen molar-refractivity contribution in [3.63, 3.8) is 0 Å².